The first-order chi connectivity index (χ1) is 9.04. The van der Waals surface area contributed by atoms with Crippen LogP contribution in [0.15, 0.2) is 28.9 Å². The summed E-state index contributed by atoms with van der Waals surface area (Å²) >= 11 is 3.32. The fraction of sp³-hybridized carbons (Fsp3) is 0.429. The van der Waals surface area contributed by atoms with Gasteiger partial charge in [0.25, 0.3) is 0 Å². The van der Waals surface area contributed by atoms with E-state index in [-0.39, 0.29) is 0 Å². The first-order valence-corrected chi connectivity index (χ1v) is 7.06. The number of unbranched alkanes of at least 4 members (excludes halogenated alkanes) is 1. The number of aryl methyl sites for hydroxylation is 1. The van der Waals surface area contributed by atoms with E-state index in [9.17, 15) is 9.90 Å². The molecule has 104 valence electrons. The predicted molar refractivity (Wildman–Crippen MR) is 76.9 cm³/mol. The van der Waals surface area contributed by atoms with Gasteiger partial charge >= 0.3 is 5.97 Å². The lowest BCUT2D eigenvalue weighted by molar-refractivity contribution is -0.131. The summed E-state index contributed by atoms with van der Waals surface area (Å²) in [5.74, 6) is -0.939. The molecular formula is C14H18BrNO3. The molecule has 1 aromatic heterocycles. The molecule has 4 nitrogen and oxygen atoms in total. The molecule has 1 heterocycles. The van der Waals surface area contributed by atoms with Gasteiger partial charge < -0.3 is 10.2 Å². The zero-order valence-corrected chi connectivity index (χ0v) is 12.4. The molecule has 1 rings (SSSR count). The highest BCUT2D eigenvalue weighted by atomic mass is 79.9. The van der Waals surface area contributed by atoms with Gasteiger partial charge in [0.05, 0.1) is 6.10 Å². The number of pyridine rings is 1. The number of hydrogen-bond acceptors (Lipinski definition) is 3. The van der Waals surface area contributed by atoms with Crippen LogP contribution in [-0.4, -0.2) is 21.2 Å². The van der Waals surface area contributed by atoms with Gasteiger partial charge in [0.2, 0.25) is 0 Å². The number of nitrogens with zero attached hydrogens (tertiary/aromatic N) is 1. The lowest BCUT2D eigenvalue weighted by atomic mass is 10.0. The highest BCUT2D eigenvalue weighted by Crippen LogP contribution is 2.24. The zero-order chi connectivity index (χ0) is 14.3. The number of aliphatic hydroxyl groups excluding tert-OH is 1. The minimum atomic E-state index is -0.939. The van der Waals surface area contributed by atoms with E-state index in [0.29, 0.717) is 12.8 Å². The summed E-state index contributed by atoms with van der Waals surface area (Å²) in [6.45, 7) is 2.00. The van der Waals surface area contributed by atoms with Gasteiger partial charge in [0.15, 0.2) is 0 Å². The number of carboxylic acids is 1. The Kier molecular flexibility index (Phi) is 6.73. The van der Waals surface area contributed by atoms with Crippen LogP contribution in [0.1, 0.15) is 43.5 Å². The second-order valence-corrected chi connectivity index (χ2v) is 5.02. The molecule has 0 bridgehead atoms. The van der Waals surface area contributed by atoms with E-state index in [1.165, 1.54) is 0 Å². The maximum Gasteiger partial charge on any atom is 0.327 e. The van der Waals surface area contributed by atoms with Crippen molar-refractivity contribution in [2.75, 3.05) is 0 Å². The molecule has 0 amide bonds. The first-order valence-electron chi connectivity index (χ1n) is 6.27. The molecule has 0 spiro atoms. The van der Waals surface area contributed by atoms with Crippen LogP contribution in [0.2, 0.25) is 0 Å². The van der Waals surface area contributed by atoms with Crippen LogP contribution in [-0.2, 0) is 11.2 Å². The third-order valence-corrected chi connectivity index (χ3v) is 3.22. The number of hydrogen-bond donors (Lipinski definition) is 2. The van der Waals surface area contributed by atoms with E-state index >= 15 is 0 Å². The second-order valence-electron chi connectivity index (χ2n) is 4.21. The standard InChI is InChI=1S/C14H18BrNO3/c1-2-11-10(8-9-13(15)16-11)12(17)6-4-3-5-7-14(18)19/h5,7-9,12,17H,2-4,6H2,1H3,(H,18,19)/b7-5+. The molecule has 0 radical (unpaired) electrons. The van der Waals surface area contributed by atoms with Crippen molar-refractivity contribution >= 4 is 21.9 Å². The molecule has 1 atom stereocenters. The molecule has 0 aliphatic rings. The molecule has 0 saturated heterocycles. The monoisotopic (exact) mass is 327 g/mol. The Morgan fingerprint density at radius 2 is 2.26 bits per heavy atom. The molecule has 0 aliphatic carbocycles. The molecule has 0 fully saturated rings. The molecule has 0 aliphatic heterocycles. The molecule has 5 heteroatoms. The Hall–Kier alpha value is -1.20. The van der Waals surface area contributed by atoms with E-state index < -0.39 is 12.1 Å². The molecule has 19 heavy (non-hydrogen) atoms. The lowest BCUT2D eigenvalue weighted by Gasteiger charge is -2.14. The smallest absolute Gasteiger partial charge is 0.327 e. The van der Waals surface area contributed by atoms with Gasteiger partial charge in [-0.25, -0.2) is 9.78 Å². The fourth-order valence-corrected chi connectivity index (χ4v) is 2.19. The van der Waals surface area contributed by atoms with E-state index in [1.807, 2.05) is 19.1 Å². The van der Waals surface area contributed by atoms with Crippen molar-refractivity contribution in [2.45, 2.75) is 38.7 Å². The van der Waals surface area contributed by atoms with Crippen LogP contribution in [0.5, 0.6) is 0 Å². The number of rotatable bonds is 7. The van der Waals surface area contributed by atoms with Gasteiger partial charge in [-0.3, -0.25) is 0 Å². The Balaban J connectivity index is 2.53. The average molecular weight is 328 g/mol. The van der Waals surface area contributed by atoms with Crippen molar-refractivity contribution in [1.82, 2.24) is 4.98 Å². The summed E-state index contributed by atoms with van der Waals surface area (Å²) in [5, 5.41) is 18.6. The van der Waals surface area contributed by atoms with Gasteiger partial charge in [-0.05, 0) is 47.7 Å². The average Bonchev–Trinajstić information content (AvgIpc) is 2.37. The lowest BCUT2D eigenvalue weighted by Crippen LogP contribution is -2.04. The summed E-state index contributed by atoms with van der Waals surface area (Å²) in [6, 6.07) is 3.70. The number of carboxylic acid groups (broad SMARTS) is 1. The van der Waals surface area contributed by atoms with Crippen LogP contribution >= 0.6 is 15.9 Å². The van der Waals surface area contributed by atoms with Gasteiger partial charge in [0.1, 0.15) is 4.60 Å². The van der Waals surface area contributed by atoms with Gasteiger partial charge in [-0.1, -0.05) is 19.1 Å². The fourth-order valence-electron chi connectivity index (χ4n) is 1.84. The third-order valence-electron chi connectivity index (χ3n) is 2.78. The first kappa shape index (κ1) is 15.9. The van der Waals surface area contributed by atoms with Crippen LogP contribution in [0, 0.1) is 0 Å². The highest BCUT2D eigenvalue weighted by molar-refractivity contribution is 9.10. The van der Waals surface area contributed by atoms with Crippen molar-refractivity contribution in [3.05, 3.63) is 40.1 Å². The Bertz CT molecular complexity index is 460. The van der Waals surface area contributed by atoms with Crippen molar-refractivity contribution in [3.8, 4) is 0 Å². The van der Waals surface area contributed by atoms with Crippen LogP contribution in [0.4, 0.5) is 0 Å². The maximum absolute atomic E-state index is 10.3. The van der Waals surface area contributed by atoms with Crippen molar-refractivity contribution in [2.24, 2.45) is 0 Å². The summed E-state index contributed by atoms with van der Waals surface area (Å²) < 4.78 is 0.768. The third kappa shape index (κ3) is 5.53. The number of aromatic nitrogens is 1. The van der Waals surface area contributed by atoms with E-state index in [1.54, 1.807) is 6.08 Å². The normalized spacial score (nSPS) is 12.8. The Labute approximate surface area is 121 Å². The van der Waals surface area contributed by atoms with E-state index in [2.05, 4.69) is 20.9 Å². The van der Waals surface area contributed by atoms with E-state index in [4.69, 9.17) is 5.11 Å². The van der Waals surface area contributed by atoms with Crippen LogP contribution in [0.25, 0.3) is 0 Å². The molecular weight excluding hydrogens is 310 g/mol. The van der Waals surface area contributed by atoms with Crippen molar-refractivity contribution in [1.29, 1.82) is 0 Å². The SMILES string of the molecule is CCc1nc(Br)ccc1C(O)CCC/C=C/C(=O)O. The minimum absolute atomic E-state index is 0.547. The summed E-state index contributed by atoms with van der Waals surface area (Å²) in [5.41, 5.74) is 1.75. The van der Waals surface area contributed by atoms with E-state index in [0.717, 1.165) is 34.8 Å². The zero-order valence-electron chi connectivity index (χ0n) is 10.8. The van der Waals surface area contributed by atoms with Gasteiger partial charge in [0, 0.05) is 17.3 Å². The molecule has 0 aromatic carbocycles. The number of aliphatic hydroxyl groups is 1. The van der Waals surface area contributed by atoms with Crippen LogP contribution in [0.3, 0.4) is 0 Å². The number of halogens is 1. The van der Waals surface area contributed by atoms with Gasteiger partial charge in [-0.15, -0.1) is 0 Å². The predicted octanol–water partition coefficient (Wildman–Crippen LogP) is 3.25. The Morgan fingerprint density at radius 3 is 2.89 bits per heavy atom. The number of allylic oxidation sites excluding steroid dienone is 1. The van der Waals surface area contributed by atoms with Gasteiger partial charge in [-0.2, -0.15) is 0 Å². The highest BCUT2D eigenvalue weighted by Gasteiger charge is 2.12. The number of carbonyl (C=O) groups is 1. The maximum atomic E-state index is 10.3. The molecule has 0 saturated carbocycles. The quantitative estimate of drug-likeness (QED) is 0.458. The summed E-state index contributed by atoms with van der Waals surface area (Å²) in [7, 11) is 0. The molecule has 1 unspecified atom stereocenters. The second kappa shape index (κ2) is 8.07. The minimum Gasteiger partial charge on any atom is -0.478 e. The molecule has 1 aromatic rings. The summed E-state index contributed by atoms with van der Waals surface area (Å²) in [6.07, 6.45) is 4.94. The number of aliphatic carboxylic acids is 1. The summed E-state index contributed by atoms with van der Waals surface area (Å²) in [4.78, 5) is 14.6. The topological polar surface area (TPSA) is 70.4 Å². The largest absolute Gasteiger partial charge is 0.478 e. The Morgan fingerprint density at radius 1 is 1.53 bits per heavy atom. The van der Waals surface area contributed by atoms with Crippen LogP contribution < -0.4 is 0 Å². The van der Waals surface area contributed by atoms with Crippen molar-refractivity contribution < 1.29 is 15.0 Å². The molecule has 2 N–H and O–H groups in total. The van der Waals surface area contributed by atoms with Crippen molar-refractivity contribution in [3.63, 3.8) is 0 Å².